The lowest BCUT2D eigenvalue weighted by Crippen LogP contribution is -2.32. The molecular formula is C19H20N2O6S. The van der Waals surface area contributed by atoms with Crippen molar-refractivity contribution < 1.29 is 22.9 Å². The number of sulfonamides is 1. The Morgan fingerprint density at radius 3 is 2.54 bits per heavy atom. The second kappa shape index (κ2) is 8.22. The van der Waals surface area contributed by atoms with Gasteiger partial charge in [-0.2, -0.15) is 0 Å². The van der Waals surface area contributed by atoms with Crippen LogP contribution in [0, 0.1) is 24.0 Å². The van der Waals surface area contributed by atoms with Gasteiger partial charge in [0.1, 0.15) is 0 Å². The monoisotopic (exact) mass is 404 g/mol. The number of nitro groups is 1. The fourth-order valence-corrected chi connectivity index (χ4v) is 4.51. The summed E-state index contributed by atoms with van der Waals surface area (Å²) in [6, 6.07) is 8.28. The Balaban J connectivity index is 2.71. The molecule has 0 aromatic heterocycles. The third kappa shape index (κ3) is 3.89. The van der Waals surface area contributed by atoms with E-state index in [4.69, 9.17) is 4.74 Å². The first-order chi connectivity index (χ1) is 13.1. The lowest BCUT2D eigenvalue weighted by atomic mass is 10.1. The van der Waals surface area contributed by atoms with Gasteiger partial charge in [0.25, 0.3) is 15.7 Å². The van der Waals surface area contributed by atoms with E-state index >= 15 is 0 Å². The van der Waals surface area contributed by atoms with Crippen molar-refractivity contribution in [3.05, 3.63) is 75.9 Å². The lowest BCUT2D eigenvalue weighted by Gasteiger charge is -2.26. The van der Waals surface area contributed by atoms with Gasteiger partial charge in [-0.3, -0.25) is 14.4 Å². The van der Waals surface area contributed by atoms with E-state index in [-0.39, 0.29) is 28.4 Å². The van der Waals surface area contributed by atoms with E-state index in [1.165, 1.54) is 31.4 Å². The zero-order valence-corrected chi connectivity index (χ0v) is 16.5. The number of hydrogen-bond acceptors (Lipinski definition) is 6. The summed E-state index contributed by atoms with van der Waals surface area (Å²) in [5, 5.41) is 11.1. The van der Waals surface area contributed by atoms with Gasteiger partial charge in [0.15, 0.2) is 0 Å². The summed E-state index contributed by atoms with van der Waals surface area (Å²) in [7, 11) is -2.93. The first-order valence-corrected chi connectivity index (χ1v) is 9.65. The number of carbonyl (C=O) groups is 1. The highest BCUT2D eigenvalue weighted by Gasteiger charge is 2.29. The number of non-ortho nitro benzene ring substituents is 1. The van der Waals surface area contributed by atoms with Crippen LogP contribution in [-0.4, -0.2) is 33.0 Å². The molecule has 0 unspecified atom stereocenters. The summed E-state index contributed by atoms with van der Waals surface area (Å²) in [5.74, 6) is -0.596. The van der Waals surface area contributed by atoms with Gasteiger partial charge in [-0.05, 0) is 37.1 Å². The average Bonchev–Trinajstić information content (AvgIpc) is 2.66. The number of rotatable bonds is 7. The van der Waals surface area contributed by atoms with Crippen LogP contribution in [-0.2, 0) is 14.8 Å². The van der Waals surface area contributed by atoms with Gasteiger partial charge in [-0.15, -0.1) is 6.58 Å². The molecule has 0 fully saturated rings. The second-order valence-corrected chi connectivity index (χ2v) is 7.80. The van der Waals surface area contributed by atoms with Crippen LogP contribution < -0.4 is 4.31 Å². The highest BCUT2D eigenvalue weighted by Crippen LogP contribution is 2.31. The first-order valence-electron chi connectivity index (χ1n) is 8.21. The third-order valence-corrected chi connectivity index (χ3v) is 6.15. The molecule has 0 spiro atoms. The molecule has 0 heterocycles. The molecule has 0 saturated heterocycles. The van der Waals surface area contributed by atoms with Gasteiger partial charge in [0, 0.05) is 12.1 Å². The molecule has 0 aliphatic heterocycles. The molecule has 0 atom stereocenters. The van der Waals surface area contributed by atoms with Gasteiger partial charge in [-0.25, -0.2) is 13.2 Å². The maximum atomic E-state index is 13.4. The number of ether oxygens (including phenoxy) is 1. The fourth-order valence-electron chi connectivity index (χ4n) is 2.77. The van der Waals surface area contributed by atoms with Crippen molar-refractivity contribution in [1.29, 1.82) is 0 Å². The van der Waals surface area contributed by atoms with Crippen molar-refractivity contribution in [2.24, 2.45) is 0 Å². The van der Waals surface area contributed by atoms with Crippen LogP contribution in [0.4, 0.5) is 11.4 Å². The van der Waals surface area contributed by atoms with Crippen molar-refractivity contribution in [3.8, 4) is 0 Å². The van der Waals surface area contributed by atoms with Gasteiger partial charge in [-0.1, -0.05) is 18.2 Å². The SMILES string of the molecule is C=CCN(c1cccc(C(=O)OC)c1C)S(=O)(=O)c1cc([N+](=O)[O-])ccc1C. The Morgan fingerprint density at radius 2 is 1.96 bits per heavy atom. The standard InChI is InChI=1S/C19H20N2O6S/c1-5-11-20(17-8-6-7-16(14(17)3)19(22)27-4)28(25,26)18-12-15(21(23)24)10-9-13(18)2/h5-10,12H,1,11H2,2-4H3. The largest absolute Gasteiger partial charge is 0.465 e. The molecule has 0 bridgehead atoms. The third-order valence-electron chi connectivity index (χ3n) is 4.22. The normalized spacial score (nSPS) is 11.0. The number of methoxy groups -OCH3 is 1. The van der Waals surface area contributed by atoms with Crippen LogP contribution in [0.3, 0.4) is 0 Å². The molecule has 0 saturated carbocycles. The molecule has 0 N–H and O–H groups in total. The number of carbonyl (C=O) groups excluding carboxylic acids is 1. The quantitative estimate of drug-likeness (QED) is 0.303. The summed E-state index contributed by atoms with van der Waals surface area (Å²) in [4.78, 5) is 22.2. The van der Waals surface area contributed by atoms with E-state index in [1.807, 2.05) is 0 Å². The van der Waals surface area contributed by atoms with E-state index in [2.05, 4.69) is 6.58 Å². The van der Waals surface area contributed by atoms with Crippen LogP contribution in [0.25, 0.3) is 0 Å². The Morgan fingerprint density at radius 1 is 1.29 bits per heavy atom. The van der Waals surface area contributed by atoms with Crippen molar-refractivity contribution in [1.82, 2.24) is 0 Å². The van der Waals surface area contributed by atoms with Gasteiger partial charge >= 0.3 is 5.97 Å². The number of anilines is 1. The van der Waals surface area contributed by atoms with E-state index in [0.717, 1.165) is 10.4 Å². The Labute approximate surface area is 163 Å². The number of esters is 1. The van der Waals surface area contributed by atoms with Crippen LogP contribution in [0.1, 0.15) is 21.5 Å². The average molecular weight is 404 g/mol. The van der Waals surface area contributed by atoms with Gasteiger partial charge in [0.05, 0.1) is 34.7 Å². The zero-order valence-electron chi connectivity index (χ0n) is 15.7. The summed E-state index contributed by atoms with van der Waals surface area (Å²) in [6.45, 7) is 6.67. The predicted molar refractivity (Wildman–Crippen MR) is 105 cm³/mol. The lowest BCUT2D eigenvalue weighted by molar-refractivity contribution is -0.385. The van der Waals surface area contributed by atoms with Gasteiger partial charge < -0.3 is 4.74 Å². The van der Waals surface area contributed by atoms with E-state index in [9.17, 15) is 23.3 Å². The van der Waals surface area contributed by atoms with Crippen molar-refractivity contribution in [2.75, 3.05) is 18.0 Å². The van der Waals surface area contributed by atoms with Gasteiger partial charge in [0.2, 0.25) is 0 Å². The minimum atomic E-state index is -4.17. The topological polar surface area (TPSA) is 107 Å². The summed E-state index contributed by atoms with van der Waals surface area (Å²) < 4.78 is 32.5. The van der Waals surface area contributed by atoms with Crippen LogP contribution in [0.2, 0.25) is 0 Å². The van der Waals surface area contributed by atoms with Crippen LogP contribution in [0.15, 0.2) is 53.9 Å². The molecule has 0 radical (unpaired) electrons. The van der Waals surface area contributed by atoms with E-state index in [0.29, 0.717) is 11.1 Å². The summed E-state index contributed by atoms with van der Waals surface area (Å²) >= 11 is 0. The Kier molecular flexibility index (Phi) is 6.19. The minimum Gasteiger partial charge on any atom is -0.465 e. The molecule has 0 amide bonds. The number of nitro benzene ring substituents is 1. The van der Waals surface area contributed by atoms with E-state index in [1.54, 1.807) is 26.0 Å². The number of aryl methyl sites for hydroxylation is 1. The molecule has 0 aliphatic carbocycles. The number of nitrogens with zero attached hydrogens (tertiary/aromatic N) is 2. The molecule has 2 aromatic carbocycles. The fraction of sp³-hybridized carbons (Fsp3) is 0.211. The van der Waals surface area contributed by atoms with Crippen LogP contribution >= 0.6 is 0 Å². The smallest absolute Gasteiger partial charge is 0.338 e. The van der Waals surface area contributed by atoms with E-state index < -0.39 is 20.9 Å². The maximum absolute atomic E-state index is 13.4. The second-order valence-electron chi connectivity index (χ2n) is 5.97. The highest BCUT2D eigenvalue weighted by molar-refractivity contribution is 7.92. The molecule has 9 heteroatoms. The minimum absolute atomic E-state index is 0.0874. The van der Waals surface area contributed by atoms with Crippen molar-refractivity contribution in [3.63, 3.8) is 0 Å². The first kappa shape index (κ1) is 21.1. The highest BCUT2D eigenvalue weighted by atomic mass is 32.2. The number of hydrogen-bond donors (Lipinski definition) is 0. The van der Waals surface area contributed by atoms with Crippen molar-refractivity contribution in [2.45, 2.75) is 18.7 Å². The predicted octanol–water partition coefficient (Wildman–Crippen LogP) is 3.38. The molecule has 2 aromatic rings. The molecule has 148 valence electrons. The van der Waals surface area contributed by atoms with Crippen molar-refractivity contribution >= 4 is 27.4 Å². The zero-order chi connectivity index (χ0) is 21.1. The number of benzene rings is 2. The maximum Gasteiger partial charge on any atom is 0.338 e. The molecular weight excluding hydrogens is 384 g/mol. The molecule has 2 rings (SSSR count). The van der Waals surface area contributed by atoms with Crippen LogP contribution in [0.5, 0.6) is 0 Å². The molecule has 8 nitrogen and oxygen atoms in total. The summed E-state index contributed by atoms with van der Waals surface area (Å²) in [5.41, 5.74) is 0.917. The Bertz CT molecular complexity index is 1050. The Hall–Kier alpha value is -3.20. The molecule has 28 heavy (non-hydrogen) atoms. The molecule has 0 aliphatic rings. The summed E-state index contributed by atoms with van der Waals surface area (Å²) in [6.07, 6.45) is 1.40.